The van der Waals surface area contributed by atoms with Crippen molar-refractivity contribution in [2.24, 2.45) is 5.92 Å². The SMILES string of the molecule is Cc1cc(NC(C)(C)C)nc(N2CCC(Cc3ccccc3)CC2)n1. The van der Waals surface area contributed by atoms with Gasteiger partial charge in [0.25, 0.3) is 0 Å². The van der Waals surface area contributed by atoms with Crippen LogP contribution in [0.25, 0.3) is 0 Å². The molecular weight excluding hydrogens is 308 g/mol. The molecule has 0 atom stereocenters. The van der Waals surface area contributed by atoms with Crippen molar-refractivity contribution in [1.29, 1.82) is 0 Å². The molecule has 1 aliphatic rings. The zero-order chi connectivity index (χ0) is 17.9. The Morgan fingerprint density at radius 3 is 2.40 bits per heavy atom. The van der Waals surface area contributed by atoms with E-state index in [0.29, 0.717) is 0 Å². The molecule has 2 heterocycles. The summed E-state index contributed by atoms with van der Waals surface area (Å²) in [4.78, 5) is 11.8. The molecule has 1 aromatic heterocycles. The lowest BCUT2D eigenvalue weighted by molar-refractivity contribution is 0.400. The first-order chi connectivity index (χ1) is 11.9. The fourth-order valence-electron chi connectivity index (χ4n) is 3.43. The molecule has 4 nitrogen and oxygen atoms in total. The number of aromatic nitrogens is 2. The third-order valence-electron chi connectivity index (χ3n) is 4.61. The largest absolute Gasteiger partial charge is 0.365 e. The first-order valence-corrected chi connectivity index (χ1v) is 9.32. The van der Waals surface area contributed by atoms with E-state index in [9.17, 15) is 0 Å². The molecule has 134 valence electrons. The Morgan fingerprint density at radius 2 is 1.76 bits per heavy atom. The van der Waals surface area contributed by atoms with Gasteiger partial charge in [-0.15, -0.1) is 0 Å². The zero-order valence-corrected chi connectivity index (χ0v) is 15.9. The van der Waals surface area contributed by atoms with Crippen LogP contribution in [0.3, 0.4) is 0 Å². The summed E-state index contributed by atoms with van der Waals surface area (Å²) in [6, 6.07) is 12.9. The summed E-state index contributed by atoms with van der Waals surface area (Å²) in [6.07, 6.45) is 3.59. The average Bonchev–Trinajstić information content (AvgIpc) is 2.54. The highest BCUT2D eigenvalue weighted by Crippen LogP contribution is 2.25. The van der Waals surface area contributed by atoms with Crippen LogP contribution >= 0.6 is 0 Å². The van der Waals surface area contributed by atoms with E-state index in [2.05, 4.69) is 66.3 Å². The lowest BCUT2D eigenvalue weighted by atomic mass is 9.90. The van der Waals surface area contributed by atoms with Gasteiger partial charge in [0.2, 0.25) is 5.95 Å². The predicted molar refractivity (Wildman–Crippen MR) is 105 cm³/mol. The molecule has 0 saturated carbocycles. The van der Waals surface area contributed by atoms with E-state index in [0.717, 1.165) is 36.5 Å². The van der Waals surface area contributed by atoms with Crippen molar-refractivity contribution >= 4 is 11.8 Å². The first kappa shape index (κ1) is 17.7. The van der Waals surface area contributed by atoms with Crippen LogP contribution in [-0.2, 0) is 6.42 Å². The Morgan fingerprint density at radius 1 is 1.08 bits per heavy atom. The maximum atomic E-state index is 4.76. The number of benzene rings is 1. The van der Waals surface area contributed by atoms with Crippen LogP contribution in [0.2, 0.25) is 0 Å². The van der Waals surface area contributed by atoms with E-state index in [-0.39, 0.29) is 5.54 Å². The van der Waals surface area contributed by atoms with Gasteiger partial charge in [-0.05, 0) is 58.4 Å². The fourth-order valence-corrected chi connectivity index (χ4v) is 3.43. The molecule has 0 aliphatic carbocycles. The summed E-state index contributed by atoms with van der Waals surface area (Å²) in [6.45, 7) is 10.6. The van der Waals surface area contributed by atoms with Gasteiger partial charge >= 0.3 is 0 Å². The van der Waals surface area contributed by atoms with Crippen molar-refractivity contribution in [3.8, 4) is 0 Å². The molecule has 1 saturated heterocycles. The third-order valence-corrected chi connectivity index (χ3v) is 4.61. The fraction of sp³-hybridized carbons (Fsp3) is 0.524. The van der Waals surface area contributed by atoms with Gasteiger partial charge in [-0.25, -0.2) is 4.98 Å². The molecule has 1 fully saturated rings. The number of hydrogen-bond donors (Lipinski definition) is 1. The van der Waals surface area contributed by atoms with E-state index < -0.39 is 0 Å². The van der Waals surface area contributed by atoms with E-state index >= 15 is 0 Å². The number of nitrogens with one attached hydrogen (secondary N) is 1. The summed E-state index contributed by atoms with van der Waals surface area (Å²) >= 11 is 0. The molecule has 2 aromatic rings. The molecule has 0 bridgehead atoms. The molecule has 3 rings (SSSR count). The predicted octanol–water partition coefficient (Wildman–Crippen LogP) is 4.45. The average molecular weight is 338 g/mol. The second kappa shape index (κ2) is 7.42. The van der Waals surface area contributed by atoms with Gasteiger partial charge in [0.05, 0.1) is 0 Å². The minimum absolute atomic E-state index is 0.000735. The van der Waals surface area contributed by atoms with Crippen LogP contribution < -0.4 is 10.2 Å². The number of anilines is 2. The minimum Gasteiger partial charge on any atom is -0.365 e. The topological polar surface area (TPSA) is 41.1 Å². The van der Waals surface area contributed by atoms with E-state index in [1.165, 1.54) is 24.8 Å². The van der Waals surface area contributed by atoms with Crippen LogP contribution in [-0.4, -0.2) is 28.6 Å². The maximum absolute atomic E-state index is 4.76. The van der Waals surface area contributed by atoms with E-state index in [1.54, 1.807) is 0 Å². The summed E-state index contributed by atoms with van der Waals surface area (Å²) in [5.41, 5.74) is 2.47. The van der Waals surface area contributed by atoms with Crippen LogP contribution in [0, 0.1) is 12.8 Å². The van der Waals surface area contributed by atoms with Crippen LogP contribution in [0.4, 0.5) is 11.8 Å². The molecule has 0 spiro atoms. The Kier molecular flexibility index (Phi) is 5.26. The van der Waals surface area contributed by atoms with Crippen molar-refractivity contribution in [3.05, 3.63) is 47.7 Å². The molecule has 1 aliphatic heterocycles. The maximum Gasteiger partial charge on any atom is 0.227 e. The van der Waals surface area contributed by atoms with E-state index in [4.69, 9.17) is 4.98 Å². The normalized spacial score (nSPS) is 16.1. The van der Waals surface area contributed by atoms with Gasteiger partial charge in [0.1, 0.15) is 5.82 Å². The van der Waals surface area contributed by atoms with Gasteiger partial charge in [-0.2, -0.15) is 4.98 Å². The number of aryl methyl sites for hydroxylation is 1. The molecule has 1 N–H and O–H groups in total. The standard InChI is InChI=1S/C21H30N4/c1-16-14-19(24-21(2,3)4)23-20(22-16)25-12-10-18(11-13-25)15-17-8-6-5-7-9-17/h5-9,14,18H,10-13,15H2,1-4H3,(H,22,23,24). The van der Waals surface area contributed by atoms with Crippen molar-refractivity contribution in [2.45, 2.75) is 52.5 Å². The zero-order valence-electron chi connectivity index (χ0n) is 15.9. The van der Waals surface area contributed by atoms with Gasteiger partial charge in [0.15, 0.2) is 0 Å². The van der Waals surface area contributed by atoms with Gasteiger partial charge in [0, 0.05) is 30.4 Å². The van der Waals surface area contributed by atoms with Crippen LogP contribution in [0.15, 0.2) is 36.4 Å². The summed E-state index contributed by atoms with van der Waals surface area (Å²) in [5.74, 6) is 2.54. The Balaban J connectivity index is 1.62. The lowest BCUT2D eigenvalue weighted by Gasteiger charge is -2.32. The lowest BCUT2D eigenvalue weighted by Crippen LogP contribution is -2.36. The van der Waals surface area contributed by atoms with Crippen molar-refractivity contribution in [1.82, 2.24) is 9.97 Å². The number of piperidine rings is 1. The van der Waals surface area contributed by atoms with Gasteiger partial charge in [-0.1, -0.05) is 30.3 Å². The summed E-state index contributed by atoms with van der Waals surface area (Å²) in [7, 11) is 0. The Hall–Kier alpha value is -2.10. The molecule has 25 heavy (non-hydrogen) atoms. The van der Waals surface area contributed by atoms with Crippen molar-refractivity contribution in [2.75, 3.05) is 23.3 Å². The first-order valence-electron chi connectivity index (χ1n) is 9.32. The van der Waals surface area contributed by atoms with Crippen LogP contribution in [0.1, 0.15) is 44.9 Å². The number of rotatable bonds is 4. The highest BCUT2D eigenvalue weighted by Gasteiger charge is 2.22. The van der Waals surface area contributed by atoms with Gasteiger partial charge in [-0.3, -0.25) is 0 Å². The minimum atomic E-state index is 0.000735. The highest BCUT2D eigenvalue weighted by atomic mass is 15.3. The number of hydrogen-bond acceptors (Lipinski definition) is 4. The molecule has 0 unspecified atom stereocenters. The van der Waals surface area contributed by atoms with E-state index in [1.807, 2.05) is 13.0 Å². The van der Waals surface area contributed by atoms with Crippen LogP contribution in [0.5, 0.6) is 0 Å². The monoisotopic (exact) mass is 338 g/mol. The Bertz CT molecular complexity index is 683. The smallest absolute Gasteiger partial charge is 0.227 e. The number of nitrogens with zero attached hydrogens (tertiary/aromatic N) is 3. The third kappa shape index (κ3) is 5.18. The Labute approximate surface area is 151 Å². The van der Waals surface area contributed by atoms with Crippen molar-refractivity contribution in [3.63, 3.8) is 0 Å². The molecule has 0 amide bonds. The molecule has 1 aromatic carbocycles. The summed E-state index contributed by atoms with van der Waals surface area (Å²) in [5, 5.41) is 3.47. The highest BCUT2D eigenvalue weighted by molar-refractivity contribution is 5.45. The molecule has 4 heteroatoms. The van der Waals surface area contributed by atoms with Crippen molar-refractivity contribution < 1.29 is 0 Å². The molecular formula is C21H30N4. The van der Waals surface area contributed by atoms with Gasteiger partial charge < -0.3 is 10.2 Å². The molecule has 0 radical (unpaired) electrons. The second-order valence-electron chi connectivity index (χ2n) is 8.19. The second-order valence-corrected chi connectivity index (χ2v) is 8.19. The quantitative estimate of drug-likeness (QED) is 0.894. The summed E-state index contributed by atoms with van der Waals surface area (Å²) < 4.78 is 0.